The number of rotatable bonds is 4. The number of hydrogen-bond donors (Lipinski definition) is 1. The number of fused-ring (bicyclic) bond motifs is 1. The monoisotopic (exact) mass is 276 g/mol. The molecule has 3 rings (SSSR count). The lowest BCUT2D eigenvalue weighted by molar-refractivity contribution is 0.284. The quantitative estimate of drug-likeness (QED) is 0.931. The van der Waals surface area contributed by atoms with Crippen LogP contribution in [0.1, 0.15) is 19.3 Å². The molecule has 1 aliphatic rings. The molecule has 0 bridgehead atoms. The zero-order valence-electron chi connectivity index (χ0n) is 10.7. The second kappa shape index (κ2) is 5.35. The predicted octanol–water partition coefficient (Wildman–Crippen LogP) is 3.24. The molecule has 1 saturated carbocycles. The molecule has 1 aromatic heterocycles. The Morgan fingerprint density at radius 3 is 2.84 bits per heavy atom. The highest BCUT2D eigenvalue weighted by molar-refractivity contribution is 6.31. The first-order valence-electron chi connectivity index (χ1n) is 6.71. The summed E-state index contributed by atoms with van der Waals surface area (Å²) in [6, 6.07) is 8.32. The number of aliphatic hydroxyl groups excluding tert-OH is 1. The number of benzene rings is 1. The standard InChI is InChI=1S/C15H17ClN2O/c16-11-4-5-14-13(10-11)15(6-7-17-14)18(8-9-19)12-2-1-3-12/h4-7,10,12,19H,1-3,8-9H2. The van der Waals surface area contributed by atoms with Gasteiger partial charge in [-0.15, -0.1) is 0 Å². The first kappa shape index (κ1) is 12.7. The van der Waals surface area contributed by atoms with Gasteiger partial charge in [0.25, 0.3) is 0 Å². The molecule has 0 aliphatic heterocycles. The molecule has 0 spiro atoms. The van der Waals surface area contributed by atoms with Crippen molar-refractivity contribution in [1.82, 2.24) is 4.98 Å². The van der Waals surface area contributed by atoms with Crippen molar-refractivity contribution in [3.8, 4) is 0 Å². The SMILES string of the molecule is OCCN(c1ccnc2ccc(Cl)cc12)C1CCC1. The average molecular weight is 277 g/mol. The van der Waals surface area contributed by atoms with E-state index in [1.807, 2.05) is 30.5 Å². The van der Waals surface area contributed by atoms with E-state index in [4.69, 9.17) is 11.6 Å². The summed E-state index contributed by atoms with van der Waals surface area (Å²) in [7, 11) is 0. The van der Waals surface area contributed by atoms with Crippen molar-refractivity contribution >= 4 is 28.2 Å². The van der Waals surface area contributed by atoms with Crippen LogP contribution in [0.2, 0.25) is 5.02 Å². The molecule has 0 amide bonds. The fourth-order valence-corrected chi connectivity index (χ4v) is 2.83. The second-order valence-corrected chi connectivity index (χ2v) is 5.43. The van der Waals surface area contributed by atoms with Crippen molar-refractivity contribution < 1.29 is 5.11 Å². The van der Waals surface area contributed by atoms with Crippen LogP contribution in [-0.4, -0.2) is 29.3 Å². The number of hydrogen-bond acceptors (Lipinski definition) is 3. The van der Waals surface area contributed by atoms with Crippen LogP contribution in [0.4, 0.5) is 5.69 Å². The van der Waals surface area contributed by atoms with Gasteiger partial charge in [-0.1, -0.05) is 11.6 Å². The zero-order chi connectivity index (χ0) is 13.2. The summed E-state index contributed by atoms with van der Waals surface area (Å²) in [5.41, 5.74) is 2.08. The van der Waals surface area contributed by atoms with Crippen molar-refractivity contribution in [3.63, 3.8) is 0 Å². The van der Waals surface area contributed by atoms with Crippen LogP contribution in [0.3, 0.4) is 0 Å². The fraction of sp³-hybridized carbons (Fsp3) is 0.400. The summed E-state index contributed by atoms with van der Waals surface area (Å²) >= 11 is 6.10. The topological polar surface area (TPSA) is 36.4 Å². The van der Waals surface area contributed by atoms with E-state index in [1.165, 1.54) is 19.3 Å². The Balaban J connectivity index is 2.08. The predicted molar refractivity (Wildman–Crippen MR) is 78.8 cm³/mol. The highest BCUT2D eigenvalue weighted by Gasteiger charge is 2.25. The van der Waals surface area contributed by atoms with E-state index in [9.17, 15) is 5.11 Å². The molecule has 0 atom stereocenters. The lowest BCUT2D eigenvalue weighted by Crippen LogP contribution is -2.42. The van der Waals surface area contributed by atoms with Gasteiger partial charge in [0.05, 0.1) is 12.1 Å². The maximum absolute atomic E-state index is 9.31. The summed E-state index contributed by atoms with van der Waals surface area (Å²) in [6.07, 6.45) is 5.50. The van der Waals surface area contributed by atoms with Gasteiger partial charge in [-0.2, -0.15) is 0 Å². The molecule has 2 aromatic rings. The molecule has 3 nitrogen and oxygen atoms in total. The Bertz CT molecular complexity index is 583. The van der Waals surface area contributed by atoms with E-state index in [-0.39, 0.29) is 6.61 Å². The average Bonchev–Trinajstić information content (AvgIpc) is 2.35. The summed E-state index contributed by atoms with van der Waals surface area (Å²) in [5.74, 6) is 0. The second-order valence-electron chi connectivity index (χ2n) is 4.99. The van der Waals surface area contributed by atoms with Gasteiger partial charge in [0, 0.05) is 34.9 Å². The molecule has 100 valence electrons. The fourth-order valence-electron chi connectivity index (χ4n) is 2.66. The molecule has 0 radical (unpaired) electrons. The molecule has 1 aliphatic carbocycles. The molecule has 1 heterocycles. The van der Waals surface area contributed by atoms with Crippen molar-refractivity contribution in [3.05, 3.63) is 35.5 Å². The number of pyridine rings is 1. The van der Waals surface area contributed by atoms with Crippen molar-refractivity contribution in [1.29, 1.82) is 0 Å². The Labute approximate surface area is 117 Å². The van der Waals surface area contributed by atoms with Crippen LogP contribution in [0.5, 0.6) is 0 Å². The number of nitrogens with zero attached hydrogens (tertiary/aromatic N) is 2. The van der Waals surface area contributed by atoms with Gasteiger partial charge in [-0.25, -0.2) is 0 Å². The number of halogens is 1. The van der Waals surface area contributed by atoms with Gasteiger partial charge in [0.15, 0.2) is 0 Å². The number of aliphatic hydroxyl groups is 1. The van der Waals surface area contributed by atoms with Crippen molar-refractivity contribution in [2.24, 2.45) is 0 Å². The van der Waals surface area contributed by atoms with Gasteiger partial charge >= 0.3 is 0 Å². The van der Waals surface area contributed by atoms with Gasteiger partial charge in [-0.3, -0.25) is 4.98 Å². The van der Waals surface area contributed by atoms with E-state index in [1.54, 1.807) is 0 Å². The van der Waals surface area contributed by atoms with Gasteiger partial charge in [0.1, 0.15) is 0 Å². The van der Waals surface area contributed by atoms with Crippen LogP contribution in [0, 0.1) is 0 Å². The van der Waals surface area contributed by atoms with E-state index < -0.39 is 0 Å². The van der Waals surface area contributed by atoms with Crippen molar-refractivity contribution in [2.75, 3.05) is 18.1 Å². The molecule has 1 fully saturated rings. The first-order chi connectivity index (χ1) is 9.29. The van der Waals surface area contributed by atoms with E-state index in [2.05, 4.69) is 9.88 Å². The summed E-state index contributed by atoms with van der Waals surface area (Å²) in [6.45, 7) is 0.831. The maximum atomic E-state index is 9.31. The van der Waals surface area contributed by atoms with E-state index in [0.717, 1.165) is 21.6 Å². The number of anilines is 1. The van der Waals surface area contributed by atoms with Gasteiger partial charge in [-0.05, 0) is 43.5 Å². The third-order valence-electron chi connectivity index (χ3n) is 3.85. The minimum absolute atomic E-state index is 0.168. The van der Waals surface area contributed by atoms with Crippen LogP contribution < -0.4 is 4.90 Å². The Kier molecular flexibility index (Phi) is 3.58. The Morgan fingerprint density at radius 1 is 1.32 bits per heavy atom. The van der Waals surface area contributed by atoms with Crippen LogP contribution in [0.25, 0.3) is 10.9 Å². The first-order valence-corrected chi connectivity index (χ1v) is 7.09. The van der Waals surface area contributed by atoms with E-state index in [0.29, 0.717) is 12.6 Å². The van der Waals surface area contributed by atoms with Crippen LogP contribution in [-0.2, 0) is 0 Å². The molecule has 0 unspecified atom stereocenters. The summed E-state index contributed by atoms with van der Waals surface area (Å²) < 4.78 is 0. The Morgan fingerprint density at radius 2 is 2.16 bits per heavy atom. The molecular formula is C15H17ClN2O. The largest absolute Gasteiger partial charge is 0.395 e. The van der Waals surface area contributed by atoms with E-state index >= 15 is 0 Å². The van der Waals surface area contributed by atoms with Gasteiger partial charge < -0.3 is 10.0 Å². The molecule has 4 heteroatoms. The Hall–Kier alpha value is -1.32. The van der Waals surface area contributed by atoms with Gasteiger partial charge in [0.2, 0.25) is 0 Å². The highest BCUT2D eigenvalue weighted by atomic mass is 35.5. The van der Waals surface area contributed by atoms with Crippen LogP contribution in [0.15, 0.2) is 30.5 Å². The smallest absolute Gasteiger partial charge is 0.0723 e. The molecule has 1 aromatic carbocycles. The third kappa shape index (κ3) is 2.40. The molecule has 1 N–H and O–H groups in total. The minimum atomic E-state index is 0.168. The summed E-state index contributed by atoms with van der Waals surface area (Å²) in [5, 5.41) is 11.1. The van der Waals surface area contributed by atoms with Crippen LogP contribution >= 0.6 is 11.6 Å². The summed E-state index contributed by atoms with van der Waals surface area (Å²) in [4.78, 5) is 6.68. The minimum Gasteiger partial charge on any atom is -0.395 e. The third-order valence-corrected chi connectivity index (χ3v) is 4.08. The zero-order valence-corrected chi connectivity index (χ0v) is 11.5. The molecular weight excluding hydrogens is 260 g/mol. The number of aromatic nitrogens is 1. The van der Waals surface area contributed by atoms with Crippen molar-refractivity contribution in [2.45, 2.75) is 25.3 Å². The lowest BCUT2D eigenvalue weighted by Gasteiger charge is -2.39. The normalized spacial score (nSPS) is 15.5. The highest BCUT2D eigenvalue weighted by Crippen LogP contribution is 2.34. The molecule has 19 heavy (non-hydrogen) atoms. The maximum Gasteiger partial charge on any atom is 0.0723 e. The lowest BCUT2D eigenvalue weighted by atomic mass is 9.90. The molecule has 0 saturated heterocycles.